The number of phenolic OH excluding ortho intramolecular Hbond substituents is 2. The van der Waals surface area contributed by atoms with Crippen LogP contribution < -0.4 is 0 Å². The average Bonchev–Trinajstić information content (AvgIpc) is 2.72. The minimum absolute atomic E-state index is 0.101. The summed E-state index contributed by atoms with van der Waals surface area (Å²) in [7, 11) is 0. The van der Waals surface area contributed by atoms with Crippen LogP contribution in [0.2, 0.25) is 0 Å². The molecule has 26 heavy (non-hydrogen) atoms. The molecule has 2 nitrogen and oxygen atoms in total. The SMILES string of the molecule is Oc1c(-c2ccccc2)cc(-c2ccccc2)c(-c2ccccc2)c1O. The second-order valence-electron chi connectivity index (χ2n) is 6.14. The number of benzene rings is 4. The van der Waals surface area contributed by atoms with Gasteiger partial charge in [-0.3, -0.25) is 0 Å². The van der Waals surface area contributed by atoms with Crippen molar-refractivity contribution in [1.82, 2.24) is 0 Å². The second kappa shape index (κ2) is 6.77. The van der Waals surface area contributed by atoms with E-state index in [-0.39, 0.29) is 11.5 Å². The van der Waals surface area contributed by atoms with Crippen molar-refractivity contribution in [1.29, 1.82) is 0 Å². The molecule has 0 aliphatic carbocycles. The van der Waals surface area contributed by atoms with E-state index in [0.717, 1.165) is 22.3 Å². The van der Waals surface area contributed by atoms with Crippen molar-refractivity contribution in [2.45, 2.75) is 0 Å². The Bertz CT molecular complexity index is 1020. The molecule has 2 N–H and O–H groups in total. The molecular weight excluding hydrogens is 320 g/mol. The predicted molar refractivity (Wildman–Crippen MR) is 106 cm³/mol. The van der Waals surface area contributed by atoms with Gasteiger partial charge in [-0.1, -0.05) is 91.0 Å². The Morgan fingerprint density at radius 3 is 1.35 bits per heavy atom. The molecule has 0 heterocycles. The summed E-state index contributed by atoms with van der Waals surface area (Å²) in [6, 6.07) is 31.1. The normalized spacial score (nSPS) is 10.6. The van der Waals surface area contributed by atoms with Crippen LogP contribution >= 0.6 is 0 Å². The first-order valence-corrected chi connectivity index (χ1v) is 8.51. The monoisotopic (exact) mass is 338 g/mol. The molecule has 0 atom stereocenters. The molecule has 0 saturated carbocycles. The molecule has 0 fully saturated rings. The lowest BCUT2D eigenvalue weighted by atomic mass is 9.89. The summed E-state index contributed by atoms with van der Waals surface area (Å²) in [5.74, 6) is -0.203. The highest BCUT2D eigenvalue weighted by molar-refractivity contribution is 5.94. The fraction of sp³-hybridized carbons (Fsp3) is 0. The van der Waals surface area contributed by atoms with E-state index in [0.29, 0.717) is 11.1 Å². The summed E-state index contributed by atoms with van der Waals surface area (Å²) >= 11 is 0. The van der Waals surface area contributed by atoms with Crippen molar-refractivity contribution >= 4 is 0 Å². The summed E-state index contributed by atoms with van der Waals surface area (Å²) in [5, 5.41) is 21.6. The van der Waals surface area contributed by atoms with Gasteiger partial charge < -0.3 is 10.2 Å². The van der Waals surface area contributed by atoms with Gasteiger partial charge in [0.15, 0.2) is 11.5 Å². The average molecular weight is 338 g/mol. The van der Waals surface area contributed by atoms with Crippen molar-refractivity contribution in [3.8, 4) is 44.9 Å². The second-order valence-corrected chi connectivity index (χ2v) is 6.14. The fourth-order valence-electron chi connectivity index (χ4n) is 3.24. The van der Waals surface area contributed by atoms with Crippen LogP contribution in [0, 0.1) is 0 Å². The van der Waals surface area contributed by atoms with Crippen LogP contribution in [0.25, 0.3) is 33.4 Å². The van der Waals surface area contributed by atoms with Crippen LogP contribution in [0.15, 0.2) is 97.1 Å². The number of hydrogen-bond acceptors (Lipinski definition) is 2. The van der Waals surface area contributed by atoms with Gasteiger partial charge in [-0.15, -0.1) is 0 Å². The molecule has 2 heteroatoms. The Kier molecular flexibility index (Phi) is 4.16. The van der Waals surface area contributed by atoms with Gasteiger partial charge in [-0.25, -0.2) is 0 Å². The van der Waals surface area contributed by atoms with E-state index in [4.69, 9.17) is 0 Å². The summed E-state index contributed by atoms with van der Waals surface area (Å²) in [5.41, 5.74) is 4.83. The Labute approximate surface area is 152 Å². The molecule has 0 aliphatic rings. The largest absolute Gasteiger partial charge is 0.504 e. The molecular formula is C24H18O2. The molecule has 4 aromatic carbocycles. The molecule has 0 spiro atoms. The zero-order valence-electron chi connectivity index (χ0n) is 14.1. The van der Waals surface area contributed by atoms with Crippen molar-refractivity contribution in [2.75, 3.05) is 0 Å². The Morgan fingerprint density at radius 2 is 0.846 bits per heavy atom. The number of rotatable bonds is 3. The van der Waals surface area contributed by atoms with Gasteiger partial charge in [0.05, 0.1) is 0 Å². The van der Waals surface area contributed by atoms with E-state index in [1.807, 2.05) is 97.1 Å². The molecule has 126 valence electrons. The summed E-state index contributed by atoms with van der Waals surface area (Å²) < 4.78 is 0. The zero-order valence-corrected chi connectivity index (χ0v) is 14.1. The van der Waals surface area contributed by atoms with Crippen molar-refractivity contribution in [3.05, 3.63) is 97.1 Å². The van der Waals surface area contributed by atoms with Crippen LogP contribution in [0.3, 0.4) is 0 Å². The molecule has 0 bridgehead atoms. The first-order chi connectivity index (χ1) is 12.8. The third-order valence-corrected chi connectivity index (χ3v) is 4.51. The highest BCUT2D eigenvalue weighted by Crippen LogP contribution is 2.48. The lowest BCUT2D eigenvalue weighted by Gasteiger charge is -2.17. The van der Waals surface area contributed by atoms with Gasteiger partial charge in [-0.2, -0.15) is 0 Å². The Balaban J connectivity index is 2.05. The fourth-order valence-corrected chi connectivity index (χ4v) is 3.24. The summed E-state index contributed by atoms with van der Waals surface area (Å²) in [6.07, 6.45) is 0. The minimum Gasteiger partial charge on any atom is -0.504 e. The Morgan fingerprint density at radius 1 is 0.423 bits per heavy atom. The van der Waals surface area contributed by atoms with Gasteiger partial charge >= 0.3 is 0 Å². The molecule has 0 unspecified atom stereocenters. The van der Waals surface area contributed by atoms with E-state index >= 15 is 0 Å². The lowest BCUT2D eigenvalue weighted by Crippen LogP contribution is -1.90. The number of phenols is 2. The highest BCUT2D eigenvalue weighted by Gasteiger charge is 2.20. The van der Waals surface area contributed by atoms with Gasteiger partial charge in [0.25, 0.3) is 0 Å². The molecule has 0 amide bonds. The van der Waals surface area contributed by atoms with Gasteiger partial charge in [-0.05, 0) is 28.3 Å². The quantitative estimate of drug-likeness (QED) is 0.443. The Hall–Kier alpha value is -3.52. The smallest absolute Gasteiger partial charge is 0.166 e. The molecule has 0 radical (unpaired) electrons. The van der Waals surface area contributed by atoms with E-state index < -0.39 is 0 Å². The van der Waals surface area contributed by atoms with Crippen LogP contribution in [0.4, 0.5) is 0 Å². The van der Waals surface area contributed by atoms with Gasteiger partial charge in [0, 0.05) is 11.1 Å². The topological polar surface area (TPSA) is 40.5 Å². The lowest BCUT2D eigenvalue weighted by molar-refractivity contribution is 0.407. The van der Waals surface area contributed by atoms with Crippen molar-refractivity contribution in [3.63, 3.8) is 0 Å². The molecule has 0 aromatic heterocycles. The predicted octanol–water partition coefficient (Wildman–Crippen LogP) is 6.10. The first-order valence-electron chi connectivity index (χ1n) is 8.51. The van der Waals surface area contributed by atoms with E-state index in [9.17, 15) is 10.2 Å². The molecule has 4 aromatic rings. The van der Waals surface area contributed by atoms with Crippen LogP contribution in [-0.4, -0.2) is 10.2 Å². The summed E-state index contributed by atoms with van der Waals surface area (Å²) in [4.78, 5) is 0. The van der Waals surface area contributed by atoms with Crippen LogP contribution in [0.1, 0.15) is 0 Å². The third kappa shape index (κ3) is 2.82. The molecule has 0 saturated heterocycles. The third-order valence-electron chi connectivity index (χ3n) is 4.51. The maximum absolute atomic E-state index is 10.9. The zero-order chi connectivity index (χ0) is 17.9. The molecule has 4 rings (SSSR count). The van der Waals surface area contributed by atoms with Crippen molar-refractivity contribution in [2.24, 2.45) is 0 Å². The molecule has 0 aliphatic heterocycles. The summed E-state index contributed by atoms with van der Waals surface area (Å²) in [6.45, 7) is 0. The maximum Gasteiger partial charge on any atom is 0.166 e. The van der Waals surface area contributed by atoms with Crippen LogP contribution in [0.5, 0.6) is 11.5 Å². The van der Waals surface area contributed by atoms with Crippen molar-refractivity contribution < 1.29 is 10.2 Å². The standard InChI is InChI=1S/C24H18O2/c25-23-21(18-12-6-2-7-13-18)16-20(17-10-4-1-5-11-17)22(24(23)26)19-14-8-3-9-15-19/h1-16,25-26H. The van der Waals surface area contributed by atoms with E-state index in [1.54, 1.807) is 0 Å². The maximum atomic E-state index is 10.9. The van der Waals surface area contributed by atoms with Gasteiger partial charge in [0.1, 0.15) is 0 Å². The first kappa shape index (κ1) is 16.0. The van der Waals surface area contributed by atoms with Gasteiger partial charge in [0.2, 0.25) is 0 Å². The minimum atomic E-state index is -0.102. The van der Waals surface area contributed by atoms with Crippen LogP contribution in [-0.2, 0) is 0 Å². The highest BCUT2D eigenvalue weighted by atomic mass is 16.3. The number of hydrogen-bond donors (Lipinski definition) is 2. The van der Waals surface area contributed by atoms with E-state index in [2.05, 4.69) is 0 Å². The van der Waals surface area contributed by atoms with E-state index in [1.165, 1.54) is 0 Å². The number of aromatic hydroxyl groups is 2.